The highest BCUT2D eigenvalue weighted by molar-refractivity contribution is 5.80. The van der Waals surface area contributed by atoms with Crippen LogP contribution in [0.3, 0.4) is 0 Å². The molecule has 0 radical (unpaired) electrons. The van der Waals surface area contributed by atoms with E-state index in [1.165, 1.54) is 5.69 Å². The van der Waals surface area contributed by atoms with E-state index in [1.807, 2.05) is 12.1 Å². The minimum Gasteiger partial charge on any atom is -0.383 e. The third kappa shape index (κ3) is 5.20. The molecule has 122 valence electrons. The average Bonchev–Trinajstić information content (AvgIpc) is 2.54. The summed E-state index contributed by atoms with van der Waals surface area (Å²) < 4.78 is 4.89. The Kier molecular flexibility index (Phi) is 6.48. The van der Waals surface area contributed by atoms with Crippen molar-refractivity contribution in [2.75, 3.05) is 70.2 Å². The smallest absolute Gasteiger partial charge is 0.239 e. The first-order valence-corrected chi connectivity index (χ1v) is 7.72. The number of carbonyl (C=O) groups excluding carboxylic acids is 1. The van der Waals surface area contributed by atoms with E-state index in [4.69, 9.17) is 4.74 Å². The van der Waals surface area contributed by atoms with Crippen molar-refractivity contribution < 1.29 is 9.53 Å². The molecule has 0 atom stereocenters. The highest BCUT2D eigenvalue weighted by Crippen LogP contribution is 2.19. The molecular weight excluding hydrogens is 280 g/mol. The predicted octanol–water partition coefficient (Wildman–Crippen LogP) is 0.613. The van der Waals surface area contributed by atoms with Crippen molar-refractivity contribution in [1.82, 2.24) is 10.2 Å². The molecule has 0 aliphatic carbocycles. The molecule has 1 aromatic rings. The summed E-state index contributed by atoms with van der Waals surface area (Å²) >= 11 is 0. The molecular formula is C16H26N4O2. The average molecular weight is 306 g/mol. The molecule has 1 aliphatic heterocycles. The summed E-state index contributed by atoms with van der Waals surface area (Å²) in [5.74, 6) is -0.0276. The molecule has 0 saturated carbocycles. The maximum Gasteiger partial charge on any atom is 0.239 e. The highest BCUT2D eigenvalue weighted by atomic mass is 16.5. The zero-order chi connectivity index (χ0) is 15.8. The van der Waals surface area contributed by atoms with Gasteiger partial charge in [-0.25, -0.2) is 0 Å². The summed E-state index contributed by atoms with van der Waals surface area (Å²) in [6.07, 6.45) is 0. The number of piperazine rings is 1. The van der Waals surface area contributed by atoms with Crippen molar-refractivity contribution >= 4 is 17.3 Å². The summed E-state index contributed by atoms with van der Waals surface area (Å²) in [6.45, 7) is 5.67. The molecule has 0 unspecified atom stereocenters. The second kappa shape index (κ2) is 8.60. The minimum absolute atomic E-state index is 0.0276. The van der Waals surface area contributed by atoms with Crippen LogP contribution in [0.1, 0.15) is 0 Å². The van der Waals surface area contributed by atoms with Crippen molar-refractivity contribution in [3.63, 3.8) is 0 Å². The normalized spacial score (nSPS) is 15.6. The highest BCUT2D eigenvalue weighted by Gasteiger charge is 2.13. The number of hydrogen-bond donors (Lipinski definition) is 2. The van der Waals surface area contributed by atoms with E-state index < -0.39 is 0 Å². The van der Waals surface area contributed by atoms with Gasteiger partial charge in [-0.1, -0.05) is 0 Å². The van der Waals surface area contributed by atoms with Crippen LogP contribution in [-0.4, -0.2) is 70.8 Å². The van der Waals surface area contributed by atoms with Gasteiger partial charge in [0, 0.05) is 51.2 Å². The Morgan fingerprint density at radius 2 is 1.86 bits per heavy atom. The summed E-state index contributed by atoms with van der Waals surface area (Å²) in [7, 11) is 3.77. The van der Waals surface area contributed by atoms with Crippen LogP contribution in [0.2, 0.25) is 0 Å². The van der Waals surface area contributed by atoms with Gasteiger partial charge in [0.1, 0.15) is 0 Å². The number of benzene rings is 1. The Balaban J connectivity index is 1.76. The van der Waals surface area contributed by atoms with Gasteiger partial charge in [-0.3, -0.25) is 4.79 Å². The lowest BCUT2D eigenvalue weighted by molar-refractivity contribution is -0.119. The number of amides is 1. The number of carbonyl (C=O) groups is 1. The van der Waals surface area contributed by atoms with Gasteiger partial charge in [-0.2, -0.15) is 0 Å². The fraction of sp³-hybridized carbons (Fsp3) is 0.562. The SMILES string of the molecule is COCCNC(=O)CNc1ccc(N2CCN(C)CC2)cc1. The number of anilines is 2. The molecule has 0 aromatic heterocycles. The zero-order valence-corrected chi connectivity index (χ0v) is 13.5. The lowest BCUT2D eigenvalue weighted by Gasteiger charge is -2.34. The fourth-order valence-electron chi connectivity index (χ4n) is 2.39. The van der Waals surface area contributed by atoms with Gasteiger partial charge in [0.2, 0.25) is 5.91 Å². The predicted molar refractivity (Wildman–Crippen MR) is 89.5 cm³/mol. The fourth-order valence-corrected chi connectivity index (χ4v) is 2.39. The third-order valence-electron chi connectivity index (χ3n) is 3.82. The van der Waals surface area contributed by atoms with Crippen molar-refractivity contribution in [3.8, 4) is 0 Å². The molecule has 0 bridgehead atoms. The van der Waals surface area contributed by atoms with E-state index in [0.717, 1.165) is 31.9 Å². The van der Waals surface area contributed by atoms with Gasteiger partial charge < -0.3 is 25.2 Å². The molecule has 1 aromatic carbocycles. The van der Waals surface area contributed by atoms with Gasteiger partial charge in [0.15, 0.2) is 0 Å². The monoisotopic (exact) mass is 306 g/mol. The van der Waals surface area contributed by atoms with Crippen molar-refractivity contribution in [3.05, 3.63) is 24.3 Å². The summed E-state index contributed by atoms with van der Waals surface area (Å²) in [5.41, 5.74) is 2.20. The van der Waals surface area contributed by atoms with E-state index in [1.54, 1.807) is 7.11 Å². The molecule has 6 heteroatoms. The van der Waals surface area contributed by atoms with Gasteiger partial charge in [-0.15, -0.1) is 0 Å². The van der Waals surface area contributed by atoms with Gasteiger partial charge >= 0.3 is 0 Å². The second-order valence-electron chi connectivity index (χ2n) is 5.53. The van der Waals surface area contributed by atoms with E-state index in [2.05, 4.69) is 39.6 Å². The van der Waals surface area contributed by atoms with E-state index in [9.17, 15) is 4.79 Å². The van der Waals surface area contributed by atoms with Gasteiger partial charge in [0.25, 0.3) is 0 Å². The van der Waals surface area contributed by atoms with Crippen LogP contribution in [0, 0.1) is 0 Å². The first kappa shape index (κ1) is 16.6. The quantitative estimate of drug-likeness (QED) is 0.723. The molecule has 1 saturated heterocycles. The Labute approximate surface area is 132 Å². The van der Waals surface area contributed by atoms with E-state index in [-0.39, 0.29) is 12.5 Å². The summed E-state index contributed by atoms with van der Waals surface area (Å²) in [5, 5.41) is 5.91. The lowest BCUT2D eigenvalue weighted by Crippen LogP contribution is -2.44. The Morgan fingerprint density at radius 1 is 1.18 bits per heavy atom. The van der Waals surface area contributed by atoms with Crippen LogP contribution in [0.4, 0.5) is 11.4 Å². The first-order chi connectivity index (χ1) is 10.7. The third-order valence-corrected chi connectivity index (χ3v) is 3.82. The summed E-state index contributed by atoms with van der Waals surface area (Å²) in [4.78, 5) is 16.3. The summed E-state index contributed by atoms with van der Waals surface area (Å²) in [6, 6.07) is 8.26. The van der Waals surface area contributed by atoms with Gasteiger partial charge in [0.05, 0.1) is 13.2 Å². The van der Waals surface area contributed by atoms with Crippen molar-refractivity contribution in [2.24, 2.45) is 0 Å². The van der Waals surface area contributed by atoms with E-state index in [0.29, 0.717) is 13.2 Å². The zero-order valence-electron chi connectivity index (χ0n) is 13.5. The molecule has 1 heterocycles. The second-order valence-corrected chi connectivity index (χ2v) is 5.53. The van der Waals surface area contributed by atoms with Gasteiger partial charge in [-0.05, 0) is 31.3 Å². The van der Waals surface area contributed by atoms with Crippen LogP contribution < -0.4 is 15.5 Å². The molecule has 2 N–H and O–H groups in total. The number of likely N-dealkylation sites (N-methyl/N-ethyl adjacent to an activating group) is 1. The Morgan fingerprint density at radius 3 is 2.50 bits per heavy atom. The molecule has 1 amide bonds. The number of methoxy groups -OCH3 is 1. The largest absolute Gasteiger partial charge is 0.383 e. The van der Waals surface area contributed by atoms with Crippen LogP contribution in [0.5, 0.6) is 0 Å². The standard InChI is InChI=1S/C16H26N4O2/c1-19-8-10-20(11-9-19)15-5-3-14(4-6-15)18-13-16(21)17-7-12-22-2/h3-6,18H,7-13H2,1-2H3,(H,17,21). The first-order valence-electron chi connectivity index (χ1n) is 7.72. The van der Waals surface area contributed by atoms with Crippen LogP contribution in [-0.2, 0) is 9.53 Å². The van der Waals surface area contributed by atoms with Crippen molar-refractivity contribution in [1.29, 1.82) is 0 Å². The van der Waals surface area contributed by atoms with Crippen LogP contribution in [0.25, 0.3) is 0 Å². The maximum atomic E-state index is 11.6. The number of nitrogens with one attached hydrogen (secondary N) is 2. The van der Waals surface area contributed by atoms with E-state index >= 15 is 0 Å². The molecule has 0 spiro atoms. The number of nitrogens with zero attached hydrogens (tertiary/aromatic N) is 2. The Bertz CT molecular complexity index is 456. The Hall–Kier alpha value is -1.79. The molecule has 1 aliphatic rings. The van der Waals surface area contributed by atoms with Crippen molar-refractivity contribution in [2.45, 2.75) is 0 Å². The molecule has 22 heavy (non-hydrogen) atoms. The number of hydrogen-bond acceptors (Lipinski definition) is 5. The lowest BCUT2D eigenvalue weighted by atomic mass is 10.2. The van der Waals surface area contributed by atoms with Crippen LogP contribution >= 0.6 is 0 Å². The maximum absolute atomic E-state index is 11.6. The number of ether oxygens (including phenoxy) is 1. The molecule has 6 nitrogen and oxygen atoms in total. The number of rotatable bonds is 7. The molecule has 2 rings (SSSR count). The topological polar surface area (TPSA) is 56.8 Å². The minimum atomic E-state index is -0.0276. The molecule has 1 fully saturated rings. The van der Waals surface area contributed by atoms with Crippen LogP contribution in [0.15, 0.2) is 24.3 Å².